The molecule has 0 saturated carbocycles. The highest BCUT2D eigenvalue weighted by molar-refractivity contribution is 6.02. The highest BCUT2D eigenvalue weighted by Gasteiger charge is 2.56. The summed E-state index contributed by atoms with van der Waals surface area (Å²) in [5.74, 6) is -5.78. The Morgan fingerprint density at radius 3 is 2.50 bits per heavy atom. The summed E-state index contributed by atoms with van der Waals surface area (Å²) in [6.45, 7) is 1.08. The summed E-state index contributed by atoms with van der Waals surface area (Å²) < 4.78 is 41.0. The van der Waals surface area contributed by atoms with Gasteiger partial charge in [-0.05, 0) is 37.3 Å². The summed E-state index contributed by atoms with van der Waals surface area (Å²) in [6.07, 6.45) is 0. The monoisotopic (exact) mass is 467 g/mol. The summed E-state index contributed by atoms with van der Waals surface area (Å²) in [5, 5.41) is 22.3. The van der Waals surface area contributed by atoms with Gasteiger partial charge in [-0.2, -0.15) is 0 Å². The van der Waals surface area contributed by atoms with Gasteiger partial charge in [0.05, 0.1) is 23.2 Å². The molecule has 8 nitrogen and oxygen atoms in total. The zero-order valence-electron chi connectivity index (χ0n) is 17.4. The molecule has 1 amide bonds. The summed E-state index contributed by atoms with van der Waals surface area (Å²) in [6, 6.07) is 8.00. The first-order valence-electron chi connectivity index (χ1n) is 10.0. The third kappa shape index (κ3) is 2.92. The lowest BCUT2D eigenvalue weighted by Gasteiger charge is -2.36. The summed E-state index contributed by atoms with van der Waals surface area (Å²) in [7, 11) is 0. The molecular weight excluding hydrogens is 452 g/mol. The lowest BCUT2D eigenvalue weighted by atomic mass is 9.77. The second-order valence-corrected chi connectivity index (χ2v) is 7.89. The lowest BCUT2D eigenvalue weighted by molar-refractivity contribution is -0.116. The van der Waals surface area contributed by atoms with Crippen molar-refractivity contribution < 1.29 is 42.9 Å². The van der Waals surface area contributed by atoms with Crippen LogP contribution in [0.15, 0.2) is 42.5 Å². The molecule has 3 N–H and O–H groups in total. The predicted octanol–water partition coefficient (Wildman–Crippen LogP) is 3.26. The van der Waals surface area contributed by atoms with Gasteiger partial charge in [-0.1, -0.05) is 6.07 Å². The molecular formula is C24H15F2NO7. The minimum absolute atomic E-state index is 0.0368. The zero-order valence-corrected chi connectivity index (χ0v) is 17.4. The van der Waals surface area contributed by atoms with Gasteiger partial charge in [-0.3, -0.25) is 9.59 Å². The van der Waals surface area contributed by atoms with E-state index >= 15 is 4.39 Å². The number of phenolic OH excluding ortho intramolecular Hbond substituents is 2. The second kappa shape index (κ2) is 7.27. The summed E-state index contributed by atoms with van der Waals surface area (Å²) in [5.41, 5.74) is -2.56. The van der Waals surface area contributed by atoms with Crippen molar-refractivity contribution in [2.45, 2.75) is 12.5 Å². The molecule has 1 unspecified atom stereocenters. The van der Waals surface area contributed by atoms with E-state index in [4.69, 9.17) is 9.47 Å². The molecule has 3 aromatic carbocycles. The number of phenols is 2. The average molecular weight is 467 g/mol. The fourth-order valence-corrected chi connectivity index (χ4v) is 4.22. The topological polar surface area (TPSA) is 122 Å². The molecule has 34 heavy (non-hydrogen) atoms. The van der Waals surface area contributed by atoms with Gasteiger partial charge in [0.15, 0.2) is 28.7 Å². The van der Waals surface area contributed by atoms with E-state index in [-0.39, 0.29) is 51.6 Å². The predicted molar refractivity (Wildman–Crippen MR) is 111 cm³/mol. The maximum atomic E-state index is 15.3. The Kier molecular flexibility index (Phi) is 4.57. The number of fused-ring (bicyclic) bond motifs is 6. The fourth-order valence-electron chi connectivity index (χ4n) is 4.22. The molecule has 0 aliphatic carbocycles. The van der Waals surface area contributed by atoms with Gasteiger partial charge in [0.2, 0.25) is 0 Å². The summed E-state index contributed by atoms with van der Waals surface area (Å²) >= 11 is 0. The van der Waals surface area contributed by atoms with E-state index in [1.807, 2.05) is 0 Å². The third-order valence-corrected chi connectivity index (χ3v) is 5.71. The molecule has 2 heterocycles. The first-order chi connectivity index (χ1) is 16.1. The van der Waals surface area contributed by atoms with E-state index in [0.717, 1.165) is 18.2 Å². The largest absolute Gasteiger partial charge is 0.505 e. The van der Waals surface area contributed by atoms with Gasteiger partial charge in [0.25, 0.3) is 5.91 Å². The van der Waals surface area contributed by atoms with E-state index in [2.05, 4.69) is 5.32 Å². The van der Waals surface area contributed by atoms with Crippen molar-refractivity contribution >= 4 is 17.7 Å². The SMILES string of the molecule is CC(=O)CNC(=O)c1ccc2c(c1)C(=O)OC21c2cc(F)c(O)cc2Oc2ccc(O)c(F)c21. The number of halogens is 2. The van der Waals surface area contributed by atoms with Crippen LogP contribution >= 0.6 is 0 Å². The Balaban J connectivity index is 1.76. The number of Topliss-reactive ketones (excluding diaryl/α,β-unsaturated/α-hetero) is 1. The smallest absolute Gasteiger partial charge is 0.340 e. The lowest BCUT2D eigenvalue weighted by Crippen LogP contribution is -2.34. The quantitative estimate of drug-likeness (QED) is 0.506. The standard InChI is InChI=1S/C24H15F2NO7/c1-10(28)9-27-22(31)11-2-3-13-12(6-11)23(32)34-24(13)14-7-15(25)17(30)8-19(14)33-18-5-4-16(29)21(26)20(18)24/h2-8,29-30H,9H2,1H3,(H,27,31). The number of hydrogen-bond donors (Lipinski definition) is 3. The van der Waals surface area contributed by atoms with E-state index in [9.17, 15) is 29.0 Å². The van der Waals surface area contributed by atoms with Crippen LogP contribution in [0, 0.1) is 11.6 Å². The van der Waals surface area contributed by atoms with E-state index in [1.54, 1.807) is 0 Å². The molecule has 1 atom stereocenters. The molecule has 0 aromatic heterocycles. The van der Waals surface area contributed by atoms with Crippen molar-refractivity contribution in [3.8, 4) is 23.0 Å². The van der Waals surface area contributed by atoms with Crippen molar-refractivity contribution in [3.05, 3.63) is 81.9 Å². The van der Waals surface area contributed by atoms with Gasteiger partial charge < -0.3 is 25.0 Å². The van der Waals surface area contributed by atoms with Crippen LogP contribution in [0.2, 0.25) is 0 Å². The molecule has 2 aliphatic rings. The number of rotatable bonds is 3. The number of aromatic hydroxyl groups is 2. The number of esters is 1. The molecule has 0 radical (unpaired) electrons. The van der Waals surface area contributed by atoms with Crippen LogP contribution < -0.4 is 10.1 Å². The number of carbonyl (C=O) groups is 3. The Labute approximate surface area is 190 Å². The van der Waals surface area contributed by atoms with Crippen molar-refractivity contribution in [1.29, 1.82) is 0 Å². The number of nitrogens with one attached hydrogen (secondary N) is 1. The average Bonchev–Trinajstić information content (AvgIpc) is 3.08. The Bertz CT molecular complexity index is 1440. The van der Waals surface area contributed by atoms with Crippen molar-refractivity contribution in [2.75, 3.05) is 6.54 Å². The molecule has 172 valence electrons. The minimum Gasteiger partial charge on any atom is -0.505 e. The Hall–Kier alpha value is -4.47. The van der Waals surface area contributed by atoms with Crippen LogP contribution in [0.3, 0.4) is 0 Å². The highest BCUT2D eigenvalue weighted by atomic mass is 19.1. The normalized spacial score (nSPS) is 17.3. The molecule has 0 saturated heterocycles. The Morgan fingerprint density at radius 2 is 1.76 bits per heavy atom. The van der Waals surface area contributed by atoms with E-state index < -0.39 is 40.6 Å². The first kappa shape index (κ1) is 21.4. The highest BCUT2D eigenvalue weighted by Crippen LogP contribution is 2.58. The van der Waals surface area contributed by atoms with Gasteiger partial charge in [0.1, 0.15) is 17.3 Å². The number of carbonyl (C=O) groups excluding carboxylic acids is 3. The first-order valence-corrected chi connectivity index (χ1v) is 10.0. The molecule has 0 fully saturated rings. The number of hydrogen-bond acceptors (Lipinski definition) is 7. The van der Waals surface area contributed by atoms with Crippen LogP contribution in [0.5, 0.6) is 23.0 Å². The van der Waals surface area contributed by atoms with Crippen molar-refractivity contribution in [3.63, 3.8) is 0 Å². The molecule has 10 heteroatoms. The minimum atomic E-state index is -2.07. The van der Waals surface area contributed by atoms with Crippen LogP contribution in [-0.2, 0) is 15.1 Å². The zero-order chi connectivity index (χ0) is 24.4. The second-order valence-electron chi connectivity index (χ2n) is 7.89. The number of benzene rings is 3. The number of ether oxygens (including phenoxy) is 2. The van der Waals surface area contributed by atoms with Gasteiger partial charge >= 0.3 is 5.97 Å². The maximum absolute atomic E-state index is 15.3. The molecule has 3 aromatic rings. The Morgan fingerprint density at radius 1 is 1.00 bits per heavy atom. The van der Waals surface area contributed by atoms with Crippen molar-refractivity contribution in [2.24, 2.45) is 0 Å². The van der Waals surface area contributed by atoms with Gasteiger partial charge in [0, 0.05) is 17.2 Å². The summed E-state index contributed by atoms with van der Waals surface area (Å²) in [4.78, 5) is 36.5. The number of amides is 1. The fraction of sp³-hybridized carbons (Fsp3) is 0.125. The van der Waals surface area contributed by atoms with Gasteiger partial charge in [-0.15, -0.1) is 0 Å². The molecule has 0 bridgehead atoms. The van der Waals surface area contributed by atoms with Crippen molar-refractivity contribution in [1.82, 2.24) is 5.32 Å². The van der Waals surface area contributed by atoms with Crippen LogP contribution in [0.1, 0.15) is 44.3 Å². The number of ketones is 1. The van der Waals surface area contributed by atoms with Crippen LogP contribution in [-0.4, -0.2) is 34.4 Å². The molecule has 2 aliphatic heterocycles. The molecule has 5 rings (SSSR count). The van der Waals surface area contributed by atoms with Crippen LogP contribution in [0.25, 0.3) is 0 Å². The van der Waals surface area contributed by atoms with Crippen LogP contribution in [0.4, 0.5) is 8.78 Å². The van der Waals surface area contributed by atoms with E-state index in [0.29, 0.717) is 0 Å². The molecule has 1 spiro atoms. The van der Waals surface area contributed by atoms with Gasteiger partial charge in [-0.25, -0.2) is 13.6 Å². The third-order valence-electron chi connectivity index (χ3n) is 5.71. The maximum Gasteiger partial charge on any atom is 0.340 e. The van der Waals surface area contributed by atoms with E-state index in [1.165, 1.54) is 31.2 Å².